The van der Waals surface area contributed by atoms with Crippen LogP contribution >= 0.6 is 15.9 Å². The maximum absolute atomic E-state index is 11.2. The van der Waals surface area contributed by atoms with Crippen LogP contribution in [0.1, 0.15) is 45.1 Å². The van der Waals surface area contributed by atoms with Gasteiger partial charge >= 0.3 is 5.69 Å². The number of nitrogens with zero attached hydrogens (tertiary/aromatic N) is 3. The Bertz CT molecular complexity index is 441. The van der Waals surface area contributed by atoms with Gasteiger partial charge in [-0.2, -0.15) is 5.10 Å². The molecule has 1 rings (SSSR count). The van der Waals surface area contributed by atoms with E-state index in [0.29, 0.717) is 23.7 Å². The molecule has 6 heteroatoms. The molecule has 18 heavy (non-hydrogen) atoms. The molecule has 0 aliphatic carbocycles. The van der Waals surface area contributed by atoms with Crippen LogP contribution in [-0.4, -0.2) is 19.5 Å². The zero-order valence-corrected chi connectivity index (χ0v) is 13.1. The summed E-state index contributed by atoms with van der Waals surface area (Å²) in [6.07, 6.45) is 0.618. The standard InChI is InChI=1S/C12H20BrN3O2/c1-7(2)10(13)6-11-12(16(17)18)9(5)14-15(11)8(3)4/h7-8,10H,6H2,1-5H3. The van der Waals surface area contributed by atoms with Gasteiger partial charge in [-0.3, -0.25) is 14.8 Å². The lowest BCUT2D eigenvalue weighted by Crippen LogP contribution is -2.16. The lowest BCUT2D eigenvalue weighted by molar-refractivity contribution is -0.386. The van der Waals surface area contributed by atoms with Gasteiger partial charge in [-0.25, -0.2) is 0 Å². The summed E-state index contributed by atoms with van der Waals surface area (Å²) in [6.45, 7) is 9.85. The van der Waals surface area contributed by atoms with Crippen LogP contribution in [0, 0.1) is 23.0 Å². The molecule has 1 heterocycles. The van der Waals surface area contributed by atoms with Crippen molar-refractivity contribution in [1.29, 1.82) is 0 Å². The van der Waals surface area contributed by atoms with Gasteiger partial charge in [0.25, 0.3) is 0 Å². The van der Waals surface area contributed by atoms with Crippen LogP contribution in [0.4, 0.5) is 5.69 Å². The van der Waals surface area contributed by atoms with Gasteiger partial charge < -0.3 is 0 Å². The Balaban J connectivity index is 3.24. The predicted molar refractivity (Wildman–Crippen MR) is 75.3 cm³/mol. The van der Waals surface area contributed by atoms with Gasteiger partial charge in [0, 0.05) is 17.3 Å². The summed E-state index contributed by atoms with van der Waals surface area (Å²) in [7, 11) is 0. The smallest absolute Gasteiger partial charge is 0.260 e. The van der Waals surface area contributed by atoms with Crippen LogP contribution in [0.3, 0.4) is 0 Å². The molecule has 0 amide bonds. The van der Waals surface area contributed by atoms with Crippen LogP contribution in [0.15, 0.2) is 0 Å². The minimum Gasteiger partial charge on any atom is -0.260 e. The van der Waals surface area contributed by atoms with Crippen LogP contribution in [0.25, 0.3) is 0 Å². The molecule has 1 aromatic rings. The fourth-order valence-electron chi connectivity index (χ4n) is 1.86. The number of aromatic nitrogens is 2. The van der Waals surface area contributed by atoms with E-state index in [9.17, 15) is 10.1 Å². The first-order valence-electron chi connectivity index (χ1n) is 6.12. The Morgan fingerprint density at radius 2 is 1.94 bits per heavy atom. The summed E-state index contributed by atoms with van der Waals surface area (Å²) < 4.78 is 1.77. The third-order valence-corrected chi connectivity index (χ3v) is 4.31. The quantitative estimate of drug-likeness (QED) is 0.473. The van der Waals surface area contributed by atoms with Gasteiger partial charge in [0.1, 0.15) is 11.4 Å². The van der Waals surface area contributed by atoms with E-state index in [1.807, 2.05) is 13.8 Å². The first-order valence-corrected chi connectivity index (χ1v) is 7.03. The Morgan fingerprint density at radius 3 is 2.33 bits per heavy atom. The van der Waals surface area contributed by atoms with Crippen molar-refractivity contribution in [1.82, 2.24) is 9.78 Å². The lowest BCUT2D eigenvalue weighted by atomic mass is 10.0. The first kappa shape index (κ1) is 15.1. The van der Waals surface area contributed by atoms with Crippen molar-refractivity contribution in [3.05, 3.63) is 21.5 Å². The number of rotatable bonds is 5. The van der Waals surface area contributed by atoms with Crippen molar-refractivity contribution in [3.8, 4) is 0 Å². The van der Waals surface area contributed by atoms with Crippen molar-refractivity contribution in [3.63, 3.8) is 0 Å². The average Bonchev–Trinajstić information content (AvgIpc) is 2.55. The second kappa shape index (κ2) is 5.82. The first-order chi connectivity index (χ1) is 8.25. The summed E-state index contributed by atoms with van der Waals surface area (Å²) in [4.78, 5) is 11.1. The summed E-state index contributed by atoms with van der Waals surface area (Å²) in [5.74, 6) is 0.417. The second-order valence-electron chi connectivity index (χ2n) is 5.14. The molecule has 0 aliphatic heterocycles. The molecule has 0 saturated carbocycles. The van der Waals surface area contributed by atoms with E-state index in [4.69, 9.17) is 0 Å². The highest BCUT2D eigenvalue weighted by molar-refractivity contribution is 9.09. The molecule has 0 aliphatic rings. The number of alkyl halides is 1. The molecule has 0 N–H and O–H groups in total. The highest BCUT2D eigenvalue weighted by Crippen LogP contribution is 2.29. The molecule has 0 aromatic carbocycles. The number of aryl methyl sites for hydroxylation is 1. The minimum absolute atomic E-state index is 0.124. The van der Waals surface area contributed by atoms with Crippen molar-refractivity contribution in [2.45, 2.75) is 51.9 Å². The van der Waals surface area contributed by atoms with Crippen LogP contribution in [0.2, 0.25) is 0 Å². The zero-order valence-electron chi connectivity index (χ0n) is 11.5. The SMILES string of the molecule is Cc1nn(C(C)C)c(CC(Br)C(C)C)c1[N+](=O)[O-]. The van der Waals surface area contributed by atoms with Crippen molar-refractivity contribution >= 4 is 21.6 Å². The lowest BCUT2D eigenvalue weighted by Gasteiger charge is -2.16. The molecule has 1 unspecified atom stereocenters. The molecule has 0 radical (unpaired) electrons. The summed E-state index contributed by atoms with van der Waals surface area (Å²) in [5.41, 5.74) is 1.36. The normalized spacial score (nSPS) is 13.3. The van der Waals surface area contributed by atoms with Crippen molar-refractivity contribution < 1.29 is 4.92 Å². The fourth-order valence-corrected chi connectivity index (χ4v) is 2.17. The third-order valence-electron chi connectivity index (χ3n) is 2.93. The van der Waals surface area contributed by atoms with Gasteiger partial charge in [-0.05, 0) is 26.7 Å². The molecule has 5 nitrogen and oxygen atoms in total. The molecule has 1 aromatic heterocycles. The van der Waals surface area contributed by atoms with Gasteiger partial charge in [-0.15, -0.1) is 0 Å². The molecule has 102 valence electrons. The molecule has 0 spiro atoms. The minimum atomic E-state index is -0.323. The maximum atomic E-state index is 11.2. The summed E-state index contributed by atoms with van der Waals surface area (Å²) in [6, 6.07) is 0.124. The average molecular weight is 318 g/mol. The van der Waals surface area contributed by atoms with Crippen LogP contribution in [-0.2, 0) is 6.42 Å². The number of hydrogen-bond acceptors (Lipinski definition) is 3. The Labute approximate surface area is 116 Å². The van der Waals surface area contributed by atoms with E-state index in [1.54, 1.807) is 11.6 Å². The predicted octanol–water partition coefficient (Wildman–Crippen LogP) is 3.64. The van der Waals surface area contributed by atoms with E-state index < -0.39 is 0 Å². The molecular formula is C12H20BrN3O2. The second-order valence-corrected chi connectivity index (χ2v) is 6.32. The Hall–Kier alpha value is -0.910. The van der Waals surface area contributed by atoms with Gasteiger partial charge in [-0.1, -0.05) is 29.8 Å². The van der Waals surface area contributed by atoms with E-state index in [2.05, 4.69) is 34.9 Å². The third kappa shape index (κ3) is 3.10. The molecule has 0 saturated heterocycles. The van der Waals surface area contributed by atoms with Gasteiger partial charge in [0.15, 0.2) is 0 Å². The fraction of sp³-hybridized carbons (Fsp3) is 0.750. The van der Waals surface area contributed by atoms with E-state index in [0.717, 1.165) is 0 Å². The van der Waals surface area contributed by atoms with E-state index in [-0.39, 0.29) is 21.5 Å². The molecule has 1 atom stereocenters. The summed E-state index contributed by atoms with van der Waals surface area (Å²) >= 11 is 3.59. The van der Waals surface area contributed by atoms with Crippen molar-refractivity contribution in [2.75, 3.05) is 0 Å². The molecular weight excluding hydrogens is 298 g/mol. The molecule has 0 fully saturated rings. The maximum Gasteiger partial charge on any atom is 0.313 e. The largest absolute Gasteiger partial charge is 0.313 e. The number of hydrogen-bond donors (Lipinski definition) is 0. The highest BCUT2D eigenvalue weighted by Gasteiger charge is 2.28. The van der Waals surface area contributed by atoms with Crippen LogP contribution < -0.4 is 0 Å². The highest BCUT2D eigenvalue weighted by atomic mass is 79.9. The topological polar surface area (TPSA) is 61.0 Å². The number of halogens is 1. The van der Waals surface area contributed by atoms with Gasteiger partial charge in [0.05, 0.1) is 4.92 Å². The zero-order chi connectivity index (χ0) is 14.0. The number of nitro groups is 1. The molecule has 0 bridgehead atoms. The van der Waals surface area contributed by atoms with Crippen molar-refractivity contribution in [2.24, 2.45) is 5.92 Å². The Morgan fingerprint density at radius 1 is 1.39 bits per heavy atom. The monoisotopic (exact) mass is 317 g/mol. The summed E-state index contributed by atoms with van der Waals surface area (Å²) in [5, 5.41) is 15.5. The Kier molecular flexibility index (Phi) is 4.90. The van der Waals surface area contributed by atoms with Gasteiger partial charge in [0.2, 0.25) is 0 Å². The van der Waals surface area contributed by atoms with E-state index >= 15 is 0 Å². The van der Waals surface area contributed by atoms with E-state index in [1.165, 1.54) is 0 Å². The van der Waals surface area contributed by atoms with Crippen LogP contribution in [0.5, 0.6) is 0 Å².